The number of imidazole rings is 1. The van der Waals surface area contributed by atoms with Crippen LogP contribution in [0.3, 0.4) is 0 Å². The van der Waals surface area contributed by atoms with E-state index < -0.39 is 10.0 Å². The number of halogens is 1. The van der Waals surface area contributed by atoms with Crippen molar-refractivity contribution < 1.29 is 8.42 Å². The van der Waals surface area contributed by atoms with E-state index in [1.54, 1.807) is 22.8 Å². The van der Waals surface area contributed by atoms with Gasteiger partial charge in [0, 0.05) is 28.4 Å². The number of sulfonamides is 1. The molecular weight excluding hydrogens is 426 g/mol. The molecule has 10 heteroatoms. The first-order valence-electron chi connectivity index (χ1n) is 7.20. The molecule has 3 heterocycles. The zero-order valence-corrected chi connectivity index (χ0v) is 15.8. The Hall–Kier alpha value is -2.09. The van der Waals surface area contributed by atoms with Gasteiger partial charge in [0.05, 0.1) is 5.52 Å². The Kier molecular flexibility index (Phi) is 3.94. The second kappa shape index (κ2) is 6.01. The van der Waals surface area contributed by atoms with Gasteiger partial charge in [0.2, 0.25) is 0 Å². The quantitative estimate of drug-likeness (QED) is 0.678. The van der Waals surface area contributed by atoms with E-state index in [0.29, 0.717) is 27.1 Å². The molecule has 3 aromatic rings. The van der Waals surface area contributed by atoms with E-state index in [4.69, 9.17) is 0 Å². The van der Waals surface area contributed by atoms with E-state index in [1.807, 2.05) is 6.07 Å². The smallest absolute Gasteiger partial charge is 0.265 e. The minimum atomic E-state index is -3.96. The van der Waals surface area contributed by atoms with Crippen LogP contribution in [0.2, 0.25) is 0 Å². The second-order valence-corrected chi connectivity index (χ2v) is 8.92. The standard InChI is InChI=1S/C15H10BrN5O2S2/c16-10-6-9-2-1-3-18-13(9)12(7-10)25(22,23)20-14-11(8-17)21-4-5-24-15(21)19-14/h1-3,6-7,20H,4-5H2. The maximum atomic E-state index is 12.9. The summed E-state index contributed by atoms with van der Waals surface area (Å²) in [7, 11) is -3.96. The number of hydrogen-bond acceptors (Lipinski definition) is 6. The highest BCUT2D eigenvalue weighted by Gasteiger charge is 2.27. The third kappa shape index (κ3) is 2.78. The summed E-state index contributed by atoms with van der Waals surface area (Å²) in [6.07, 6.45) is 1.54. The van der Waals surface area contributed by atoms with Crippen molar-refractivity contribution in [3.63, 3.8) is 0 Å². The summed E-state index contributed by atoms with van der Waals surface area (Å²) < 4.78 is 30.6. The van der Waals surface area contributed by atoms with Gasteiger partial charge in [-0.2, -0.15) is 5.26 Å². The number of hydrogen-bond donors (Lipinski definition) is 1. The molecule has 1 aromatic carbocycles. The minimum absolute atomic E-state index is 0.0298. The molecule has 0 radical (unpaired) electrons. The number of nitrogens with zero attached hydrogens (tertiary/aromatic N) is 4. The van der Waals surface area contributed by atoms with Gasteiger partial charge >= 0.3 is 0 Å². The third-order valence-corrected chi connectivity index (χ3v) is 6.51. The van der Waals surface area contributed by atoms with Crippen LogP contribution in [-0.4, -0.2) is 28.7 Å². The van der Waals surface area contributed by atoms with Gasteiger partial charge in [-0.05, 0) is 18.2 Å². The van der Waals surface area contributed by atoms with Crippen LogP contribution in [0.5, 0.6) is 0 Å². The molecule has 126 valence electrons. The largest absolute Gasteiger partial charge is 0.308 e. The first-order chi connectivity index (χ1) is 12.0. The van der Waals surface area contributed by atoms with Crippen LogP contribution in [-0.2, 0) is 16.6 Å². The third-order valence-electron chi connectivity index (χ3n) is 3.74. The lowest BCUT2D eigenvalue weighted by Crippen LogP contribution is -2.15. The number of aromatic nitrogens is 3. The lowest BCUT2D eigenvalue weighted by Gasteiger charge is -2.09. The highest BCUT2D eigenvalue weighted by atomic mass is 79.9. The van der Waals surface area contributed by atoms with Crippen LogP contribution >= 0.6 is 27.7 Å². The molecule has 2 aromatic heterocycles. The molecule has 0 aliphatic carbocycles. The van der Waals surface area contributed by atoms with Gasteiger partial charge in [0.25, 0.3) is 10.0 Å². The summed E-state index contributed by atoms with van der Waals surface area (Å²) in [5.41, 5.74) is 0.577. The number of thioether (sulfide) groups is 1. The fourth-order valence-corrected chi connectivity index (χ4v) is 5.47. The maximum absolute atomic E-state index is 12.9. The summed E-state index contributed by atoms with van der Waals surface area (Å²) in [4.78, 5) is 8.47. The van der Waals surface area contributed by atoms with Crippen molar-refractivity contribution in [1.82, 2.24) is 14.5 Å². The fraction of sp³-hybridized carbons (Fsp3) is 0.133. The van der Waals surface area contributed by atoms with Gasteiger partial charge in [-0.15, -0.1) is 0 Å². The number of anilines is 1. The number of pyridine rings is 1. The van der Waals surface area contributed by atoms with Crippen molar-refractivity contribution in [2.45, 2.75) is 16.6 Å². The van der Waals surface area contributed by atoms with E-state index in [-0.39, 0.29) is 16.4 Å². The molecule has 4 rings (SSSR count). The Morgan fingerprint density at radius 1 is 1.40 bits per heavy atom. The molecule has 0 unspecified atom stereocenters. The molecule has 1 aliphatic rings. The van der Waals surface area contributed by atoms with Crippen molar-refractivity contribution in [2.24, 2.45) is 0 Å². The average Bonchev–Trinajstić information content (AvgIpc) is 3.14. The van der Waals surface area contributed by atoms with E-state index in [1.165, 1.54) is 24.0 Å². The number of benzene rings is 1. The minimum Gasteiger partial charge on any atom is -0.308 e. The van der Waals surface area contributed by atoms with Gasteiger partial charge in [-0.25, -0.2) is 13.4 Å². The summed E-state index contributed by atoms with van der Waals surface area (Å²) in [6, 6.07) is 8.84. The molecule has 1 N–H and O–H groups in total. The second-order valence-electron chi connectivity index (χ2n) is 5.29. The normalized spacial score (nSPS) is 13.6. The number of fused-ring (bicyclic) bond motifs is 2. The summed E-state index contributed by atoms with van der Waals surface area (Å²) in [6.45, 7) is 0.638. The molecule has 25 heavy (non-hydrogen) atoms. The summed E-state index contributed by atoms with van der Waals surface area (Å²) >= 11 is 4.82. The average molecular weight is 436 g/mol. The van der Waals surface area contributed by atoms with Crippen LogP contribution in [0.25, 0.3) is 10.9 Å². The van der Waals surface area contributed by atoms with Crippen LogP contribution in [0, 0.1) is 11.3 Å². The molecular formula is C15H10BrN5O2S2. The Bertz CT molecular complexity index is 1150. The van der Waals surface area contributed by atoms with Crippen molar-refractivity contribution in [3.05, 3.63) is 40.6 Å². The molecule has 0 amide bonds. The predicted molar refractivity (Wildman–Crippen MR) is 97.9 cm³/mol. The Morgan fingerprint density at radius 3 is 3.04 bits per heavy atom. The Balaban J connectivity index is 1.84. The number of rotatable bonds is 3. The number of nitriles is 1. The molecule has 0 saturated heterocycles. The zero-order valence-electron chi connectivity index (χ0n) is 12.6. The number of nitrogens with one attached hydrogen (secondary N) is 1. The van der Waals surface area contributed by atoms with Crippen molar-refractivity contribution >= 4 is 54.4 Å². The summed E-state index contributed by atoms with van der Waals surface area (Å²) in [5, 5.41) is 10.7. The Morgan fingerprint density at radius 2 is 2.24 bits per heavy atom. The molecule has 0 saturated carbocycles. The van der Waals surface area contributed by atoms with Crippen molar-refractivity contribution in [1.29, 1.82) is 5.26 Å². The van der Waals surface area contributed by atoms with Crippen LogP contribution in [0.4, 0.5) is 5.82 Å². The maximum Gasteiger partial charge on any atom is 0.265 e. The van der Waals surface area contributed by atoms with Gasteiger partial charge in [-0.1, -0.05) is 33.8 Å². The van der Waals surface area contributed by atoms with Crippen molar-refractivity contribution in [2.75, 3.05) is 10.5 Å². The van der Waals surface area contributed by atoms with E-state index in [0.717, 1.165) is 5.75 Å². The van der Waals surface area contributed by atoms with E-state index in [2.05, 4.69) is 30.6 Å². The van der Waals surface area contributed by atoms with Gasteiger partial charge < -0.3 is 4.57 Å². The molecule has 0 atom stereocenters. The zero-order chi connectivity index (χ0) is 17.6. The molecule has 7 nitrogen and oxygen atoms in total. The first-order valence-corrected chi connectivity index (χ1v) is 10.5. The van der Waals surface area contributed by atoms with Crippen LogP contribution in [0.15, 0.2) is 45.0 Å². The molecule has 0 bridgehead atoms. The predicted octanol–water partition coefficient (Wildman–Crippen LogP) is 2.97. The lowest BCUT2D eigenvalue weighted by molar-refractivity contribution is 0.601. The van der Waals surface area contributed by atoms with E-state index >= 15 is 0 Å². The lowest BCUT2D eigenvalue weighted by atomic mass is 10.2. The monoisotopic (exact) mass is 435 g/mol. The van der Waals surface area contributed by atoms with Gasteiger partial charge in [-0.3, -0.25) is 9.71 Å². The Labute approximate surface area is 156 Å². The topological polar surface area (TPSA) is 101 Å². The fourth-order valence-electron chi connectivity index (χ4n) is 2.67. The first kappa shape index (κ1) is 16.4. The van der Waals surface area contributed by atoms with E-state index in [9.17, 15) is 13.7 Å². The highest BCUT2D eigenvalue weighted by molar-refractivity contribution is 9.10. The SMILES string of the molecule is N#Cc1c(NS(=O)(=O)c2cc(Br)cc3cccnc23)nc2n1CCS2. The van der Waals surface area contributed by atoms with Crippen LogP contribution in [0.1, 0.15) is 5.69 Å². The van der Waals surface area contributed by atoms with Crippen LogP contribution < -0.4 is 4.72 Å². The van der Waals surface area contributed by atoms with Crippen molar-refractivity contribution in [3.8, 4) is 6.07 Å². The van der Waals surface area contributed by atoms with Gasteiger partial charge in [0.1, 0.15) is 11.0 Å². The van der Waals surface area contributed by atoms with Gasteiger partial charge in [0.15, 0.2) is 16.7 Å². The highest BCUT2D eigenvalue weighted by Crippen LogP contribution is 2.32. The summed E-state index contributed by atoms with van der Waals surface area (Å²) in [5.74, 6) is 0.873. The molecule has 0 fully saturated rings. The molecule has 0 spiro atoms. The molecule has 1 aliphatic heterocycles.